The second kappa shape index (κ2) is 9.55. The van der Waals surface area contributed by atoms with Crippen molar-refractivity contribution < 1.29 is 19.8 Å². The van der Waals surface area contributed by atoms with Crippen molar-refractivity contribution in [1.82, 2.24) is 0 Å². The van der Waals surface area contributed by atoms with Crippen LogP contribution in [0.2, 0.25) is 0 Å². The fourth-order valence-corrected chi connectivity index (χ4v) is 1.02. The van der Waals surface area contributed by atoms with Crippen molar-refractivity contribution in [1.29, 1.82) is 0 Å². The van der Waals surface area contributed by atoms with Gasteiger partial charge in [-0.3, -0.25) is 9.59 Å². The number of unbranched alkanes of at least 4 members (excludes halogenated alkanes) is 1. The van der Waals surface area contributed by atoms with Crippen molar-refractivity contribution in [2.24, 2.45) is 0 Å². The molecule has 0 fully saturated rings. The van der Waals surface area contributed by atoms with Gasteiger partial charge < -0.3 is 10.2 Å². The minimum absolute atomic E-state index is 0.0840. The summed E-state index contributed by atoms with van der Waals surface area (Å²) in [5.74, 6) is -0.172. The molecule has 0 aromatic carbocycles. The third-order valence-electron chi connectivity index (χ3n) is 1.87. The highest BCUT2D eigenvalue weighted by Crippen LogP contribution is 1.98. The summed E-state index contributed by atoms with van der Waals surface area (Å²) < 4.78 is 0. The maximum absolute atomic E-state index is 11.2. The first-order valence-corrected chi connectivity index (χ1v) is 5.13. The predicted octanol–water partition coefficient (Wildman–Crippen LogP) is 0.616. The molecule has 0 amide bonds. The summed E-state index contributed by atoms with van der Waals surface area (Å²) in [5.41, 5.74) is 0. The molecular formula is C11H18O4. The van der Waals surface area contributed by atoms with Crippen molar-refractivity contribution in [2.45, 2.75) is 32.1 Å². The Hall–Kier alpha value is -1.00. The van der Waals surface area contributed by atoms with Gasteiger partial charge in [-0.1, -0.05) is 6.08 Å². The van der Waals surface area contributed by atoms with Crippen molar-refractivity contribution in [3.8, 4) is 0 Å². The Balaban J connectivity index is 3.56. The van der Waals surface area contributed by atoms with Crippen molar-refractivity contribution in [3.63, 3.8) is 0 Å². The van der Waals surface area contributed by atoms with Gasteiger partial charge >= 0.3 is 0 Å². The van der Waals surface area contributed by atoms with Gasteiger partial charge in [0.25, 0.3) is 0 Å². The van der Waals surface area contributed by atoms with Gasteiger partial charge in [-0.25, -0.2) is 0 Å². The normalized spacial score (nSPS) is 10.8. The second-order valence-corrected chi connectivity index (χ2v) is 3.25. The van der Waals surface area contributed by atoms with E-state index < -0.39 is 0 Å². The molecule has 0 aliphatic carbocycles. The lowest BCUT2D eigenvalue weighted by molar-refractivity contribution is -0.122. The molecule has 86 valence electrons. The van der Waals surface area contributed by atoms with Crippen LogP contribution in [0.15, 0.2) is 12.2 Å². The number of aliphatic hydroxyl groups is 2. The molecule has 0 radical (unpaired) electrons. The smallest absolute Gasteiger partial charge is 0.155 e. The van der Waals surface area contributed by atoms with E-state index in [1.807, 2.05) is 0 Å². The van der Waals surface area contributed by atoms with E-state index >= 15 is 0 Å². The number of carbonyl (C=O) groups excluding carboxylic acids is 2. The van der Waals surface area contributed by atoms with E-state index in [2.05, 4.69) is 0 Å². The number of Topliss-reactive ketones (excluding diaryl/α,β-unsaturated/α-hetero) is 1. The molecule has 0 aliphatic rings. The summed E-state index contributed by atoms with van der Waals surface area (Å²) in [6.07, 6.45) is 5.00. The molecule has 0 spiro atoms. The third kappa shape index (κ3) is 9.31. The molecule has 0 rings (SSSR count). The number of aliphatic hydroxyl groups excluding tert-OH is 2. The highest BCUT2D eigenvalue weighted by Gasteiger charge is 2.03. The summed E-state index contributed by atoms with van der Waals surface area (Å²) in [5, 5.41) is 16.9. The second-order valence-electron chi connectivity index (χ2n) is 3.25. The fraction of sp³-hybridized carbons (Fsp3) is 0.636. The molecule has 0 heterocycles. The van der Waals surface area contributed by atoms with E-state index in [-0.39, 0.29) is 44.0 Å². The van der Waals surface area contributed by atoms with Gasteiger partial charge in [0, 0.05) is 32.5 Å². The van der Waals surface area contributed by atoms with Crippen LogP contribution in [0, 0.1) is 0 Å². The summed E-state index contributed by atoms with van der Waals surface area (Å²) in [4.78, 5) is 22.1. The zero-order chi connectivity index (χ0) is 11.5. The molecular weight excluding hydrogens is 196 g/mol. The number of rotatable bonds is 9. The number of carbonyl (C=O) groups is 2. The third-order valence-corrected chi connectivity index (χ3v) is 1.87. The van der Waals surface area contributed by atoms with Gasteiger partial charge in [-0.15, -0.1) is 0 Å². The van der Waals surface area contributed by atoms with E-state index in [0.29, 0.717) is 12.8 Å². The quantitative estimate of drug-likeness (QED) is 0.436. The lowest BCUT2D eigenvalue weighted by Gasteiger charge is -1.95. The standard InChI is InChI=1S/C11H18O4/c12-8-3-1-2-4-10(14)5-6-11(15)7-9-13/h2,4,12-13H,1,3,5-9H2. The molecule has 0 saturated carbocycles. The van der Waals surface area contributed by atoms with Crippen LogP contribution in [-0.4, -0.2) is 35.0 Å². The number of allylic oxidation sites excluding steroid dienone is 2. The average Bonchev–Trinajstić information content (AvgIpc) is 2.22. The SMILES string of the molecule is O=C(C=CCCCO)CCC(=O)CCO. The largest absolute Gasteiger partial charge is 0.396 e. The molecule has 0 atom stereocenters. The maximum atomic E-state index is 11.2. The number of hydrogen-bond acceptors (Lipinski definition) is 4. The summed E-state index contributed by atoms with van der Waals surface area (Å²) in [7, 11) is 0. The zero-order valence-electron chi connectivity index (χ0n) is 8.82. The van der Waals surface area contributed by atoms with Crippen LogP contribution in [0.4, 0.5) is 0 Å². The van der Waals surface area contributed by atoms with Crippen LogP contribution in [0.25, 0.3) is 0 Å². The molecule has 0 aliphatic heterocycles. The average molecular weight is 214 g/mol. The van der Waals surface area contributed by atoms with Crippen LogP contribution < -0.4 is 0 Å². The van der Waals surface area contributed by atoms with Crippen molar-refractivity contribution in [2.75, 3.05) is 13.2 Å². The highest BCUT2D eigenvalue weighted by molar-refractivity contribution is 5.92. The Kier molecular flexibility index (Phi) is 8.91. The van der Waals surface area contributed by atoms with E-state index in [1.165, 1.54) is 6.08 Å². The molecule has 2 N–H and O–H groups in total. The lowest BCUT2D eigenvalue weighted by Crippen LogP contribution is -2.03. The van der Waals surface area contributed by atoms with Gasteiger partial charge in [0.15, 0.2) is 5.78 Å². The minimum Gasteiger partial charge on any atom is -0.396 e. The molecule has 0 aromatic heterocycles. The Bertz CT molecular complexity index is 221. The minimum atomic E-state index is -0.153. The number of ketones is 2. The van der Waals surface area contributed by atoms with Gasteiger partial charge in [0.1, 0.15) is 5.78 Å². The van der Waals surface area contributed by atoms with E-state index in [0.717, 1.165) is 0 Å². The molecule has 0 unspecified atom stereocenters. The van der Waals surface area contributed by atoms with E-state index in [4.69, 9.17) is 10.2 Å². The van der Waals surface area contributed by atoms with Crippen LogP contribution >= 0.6 is 0 Å². The molecule has 0 aromatic rings. The highest BCUT2D eigenvalue weighted by atomic mass is 16.3. The zero-order valence-corrected chi connectivity index (χ0v) is 8.82. The summed E-state index contributed by atoms with van der Waals surface area (Å²) in [6.45, 7) is -0.0348. The monoisotopic (exact) mass is 214 g/mol. The fourth-order valence-electron chi connectivity index (χ4n) is 1.02. The first kappa shape index (κ1) is 14.0. The molecule has 0 bridgehead atoms. The van der Waals surface area contributed by atoms with Gasteiger partial charge in [-0.2, -0.15) is 0 Å². The van der Waals surface area contributed by atoms with Crippen molar-refractivity contribution in [3.05, 3.63) is 12.2 Å². The molecule has 4 nitrogen and oxygen atoms in total. The predicted molar refractivity (Wildman–Crippen MR) is 56.4 cm³/mol. The maximum Gasteiger partial charge on any atom is 0.155 e. The summed E-state index contributed by atoms with van der Waals surface area (Å²) >= 11 is 0. The van der Waals surface area contributed by atoms with Crippen LogP contribution in [-0.2, 0) is 9.59 Å². The van der Waals surface area contributed by atoms with E-state index in [9.17, 15) is 9.59 Å². The Morgan fingerprint density at radius 1 is 1.00 bits per heavy atom. The number of hydrogen-bond donors (Lipinski definition) is 2. The molecule has 0 saturated heterocycles. The Morgan fingerprint density at radius 2 is 1.73 bits per heavy atom. The van der Waals surface area contributed by atoms with Crippen molar-refractivity contribution >= 4 is 11.6 Å². The lowest BCUT2D eigenvalue weighted by atomic mass is 10.1. The first-order chi connectivity index (χ1) is 7.20. The molecule has 15 heavy (non-hydrogen) atoms. The van der Waals surface area contributed by atoms with Gasteiger partial charge in [0.05, 0.1) is 0 Å². The van der Waals surface area contributed by atoms with Crippen LogP contribution in [0.3, 0.4) is 0 Å². The summed E-state index contributed by atoms with van der Waals surface area (Å²) in [6, 6.07) is 0. The van der Waals surface area contributed by atoms with Crippen LogP contribution in [0.5, 0.6) is 0 Å². The van der Waals surface area contributed by atoms with Crippen LogP contribution in [0.1, 0.15) is 32.1 Å². The Morgan fingerprint density at radius 3 is 2.33 bits per heavy atom. The first-order valence-electron chi connectivity index (χ1n) is 5.13. The Labute approximate surface area is 89.6 Å². The van der Waals surface area contributed by atoms with Gasteiger partial charge in [0.2, 0.25) is 0 Å². The molecule has 4 heteroatoms. The van der Waals surface area contributed by atoms with E-state index in [1.54, 1.807) is 6.08 Å². The van der Waals surface area contributed by atoms with Gasteiger partial charge in [-0.05, 0) is 18.9 Å². The topological polar surface area (TPSA) is 74.6 Å².